The smallest absolute Gasteiger partial charge is 0.307 e. The van der Waals surface area contributed by atoms with E-state index in [9.17, 15) is 9.59 Å². The molecule has 0 radical (unpaired) electrons. The second-order valence-electron chi connectivity index (χ2n) is 3.90. The number of carbonyl (C=O) groups is 2. The Labute approximate surface area is 96.3 Å². The van der Waals surface area contributed by atoms with Crippen LogP contribution in [0.4, 0.5) is 0 Å². The van der Waals surface area contributed by atoms with Gasteiger partial charge in [0.25, 0.3) is 0 Å². The summed E-state index contributed by atoms with van der Waals surface area (Å²) < 4.78 is 4.82. The molecule has 0 aromatic rings. The van der Waals surface area contributed by atoms with Crippen LogP contribution in [-0.2, 0) is 14.3 Å². The molecule has 1 rings (SSSR count). The van der Waals surface area contributed by atoms with Gasteiger partial charge in [0.05, 0.1) is 13.0 Å². The molecule has 0 N–H and O–H groups in total. The van der Waals surface area contributed by atoms with Crippen LogP contribution in [0.3, 0.4) is 0 Å². The summed E-state index contributed by atoms with van der Waals surface area (Å²) in [7, 11) is 0. The van der Waals surface area contributed by atoms with Gasteiger partial charge < -0.3 is 9.64 Å². The van der Waals surface area contributed by atoms with Crippen LogP contribution in [0.25, 0.3) is 0 Å². The number of hydrogen-bond donors (Lipinski definition) is 0. The average molecular weight is 225 g/mol. The molecule has 1 amide bonds. The summed E-state index contributed by atoms with van der Waals surface area (Å²) in [6.07, 6.45) is 3.91. The summed E-state index contributed by atoms with van der Waals surface area (Å²) in [5.74, 6) is 0.0755. The van der Waals surface area contributed by atoms with Crippen LogP contribution < -0.4 is 0 Å². The molecule has 1 aliphatic carbocycles. The van der Waals surface area contributed by atoms with E-state index < -0.39 is 0 Å². The molecule has 0 unspecified atom stereocenters. The maximum Gasteiger partial charge on any atom is 0.307 e. The van der Waals surface area contributed by atoms with Crippen molar-refractivity contribution in [1.82, 2.24) is 4.90 Å². The van der Waals surface area contributed by atoms with Gasteiger partial charge in [0.1, 0.15) is 0 Å². The first kappa shape index (κ1) is 12.7. The summed E-state index contributed by atoms with van der Waals surface area (Å²) in [5, 5.41) is 0. The maximum absolute atomic E-state index is 11.8. The van der Waals surface area contributed by atoms with E-state index in [1.54, 1.807) is 17.9 Å². The van der Waals surface area contributed by atoms with Gasteiger partial charge in [0.15, 0.2) is 0 Å². The molecule has 16 heavy (non-hydrogen) atoms. The van der Waals surface area contributed by atoms with Crippen molar-refractivity contribution in [2.45, 2.75) is 26.2 Å². The Morgan fingerprint density at radius 3 is 2.69 bits per heavy atom. The molecule has 4 nitrogen and oxygen atoms in total. The Morgan fingerprint density at radius 2 is 2.19 bits per heavy atom. The summed E-state index contributed by atoms with van der Waals surface area (Å²) in [5.41, 5.74) is 0. The zero-order chi connectivity index (χ0) is 12.0. The molecular weight excluding hydrogens is 206 g/mol. The van der Waals surface area contributed by atoms with E-state index in [1.165, 1.54) is 0 Å². The lowest BCUT2D eigenvalue weighted by atomic mass is 10.3. The van der Waals surface area contributed by atoms with Gasteiger partial charge >= 0.3 is 5.97 Å². The van der Waals surface area contributed by atoms with Crippen molar-refractivity contribution in [3.63, 3.8) is 0 Å². The van der Waals surface area contributed by atoms with E-state index in [-0.39, 0.29) is 24.2 Å². The fraction of sp³-hybridized carbons (Fsp3) is 0.667. The lowest BCUT2D eigenvalue weighted by Crippen LogP contribution is -2.34. The summed E-state index contributed by atoms with van der Waals surface area (Å²) in [4.78, 5) is 24.6. The number of carbonyl (C=O) groups excluding carboxylic acids is 2. The van der Waals surface area contributed by atoms with E-state index in [4.69, 9.17) is 4.74 Å². The number of amides is 1. The minimum Gasteiger partial charge on any atom is -0.466 e. The number of nitrogens with zero attached hydrogens (tertiary/aromatic N) is 1. The van der Waals surface area contributed by atoms with Gasteiger partial charge in [-0.1, -0.05) is 6.08 Å². The molecule has 0 aromatic heterocycles. The Morgan fingerprint density at radius 1 is 1.50 bits per heavy atom. The second-order valence-corrected chi connectivity index (χ2v) is 3.90. The van der Waals surface area contributed by atoms with Gasteiger partial charge in [-0.3, -0.25) is 9.59 Å². The molecule has 4 heteroatoms. The van der Waals surface area contributed by atoms with Gasteiger partial charge in [0.2, 0.25) is 5.91 Å². The highest BCUT2D eigenvalue weighted by Crippen LogP contribution is 2.30. The Hall–Kier alpha value is -1.32. The molecule has 0 aromatic carbocycles. The maximum atomic E-state index is 11.8. The molecule has 0 bridgehead atoms. The minimum atomic E-state index is -0.250. The van der Waals surface area contributed by atoms with Crippen LogP contribution in [0.1, 0.15) is 26.2 Å². The van der Waals surface area contributed by atoms with Gasteiger partial charge in [0, 0.05) is 19.0 Å². The molecule has 1 fully saturated rings. The highest BCUT2D eigenvalue weighted by atomic mass is 16.5. The topological polar surface area (TPSA) is 46.6 Å². The Bertz CT molecular complexity index is 271. The van der Waals surface area contributed by atoms with Crippen molar-refractivity contribution in [2.24, 2.45) is 5.92 Å². The Balaban J connectivity index is 2.35. The van der Waals surface area contributed by atoms with Crippen LogP contribution in [0, 0.1) is 5.92 Å². The molecule has 1 aliphatic rings. The summed E-state index contributed by atoms with van der Waals surface area (Å²) in [6, 6.07) is 0. The van der Waals surface area contributed by atoms with Crippen molar-refractivity contribution in [3.05, 3.63) is 12.7 Å². The highest BCUT2D eigenvalue weighted by Gasteiger charge is 2.32. The molecule has 0 saturated heterocycles. The molecule has 90 valence electrons. The molecular formula is C12H19NO3. The zero-order valence-corrected chi connectivity index (χ0v) is 9.78. The third-order valence-electron chi connectivity index (χ3n) is 2.48. The number of rotatable bonds is 7. The van der Waals surface area contributed by atoms with E-state index >= 15 is 0 Å². The number of ether oxygens (including phenoxy) is 1. The van der Waals surface area contributed by atoms with E-state index in [0.717, 1.165) is 12.8 Å². The second kappa shape index (κ2) is 6.30. The Kier molecular flexibility index (Phi) is 5.02. The van der Waals surface area contributed by atoms with Crippen molar-refractivity contribution in [1.29, 1.82) is 0 Å². The third kappa shape index (κ3) is 4.04. The fourth-order valence-corrected chi connectivity index (χ4v) is 1.50. The number of hydrogen-bond acceptors (Lipinski definition) is 3. The monoisotopic (exact) mass is 225 g/mol. The van der Waals surface area contributed by atoms with Crippen molar-refractivity contribution in [3.8, 4) is 0 Å². The quantitative estimate of drug-likeness (QED) is 0.485. The van der Waals surface area contributed by atoms with Crippen LogP contribution in [0.2, 0.25) is 0 Å². The van der Waals surface area contributed by atoms with Gasteiger partial charge in [-0.25, -0.2) is 0 Å². The molecule has 1 saturated carbocycles. The van der Waals surface area contributed by atoms with E-state index in [0.29, 0.717) is 19.7 Å². The number of esters is 1. The van der Waals surface area contributed by atoms with Gasteiger partial charge in [-0.2, -0.15) is 0 Å². The van der Waals surface area contributed by atoms with Crippen LogP contribution >= 0.6 is 0 Å². The summed E-state index contributed by atoms with van der Waals surface area (Å²) in [6.45, 7) is 6.71. The largest absolute Gasteiger partial charge is 0.466 e. The van der Waals surface area contributed by atoms with Gasteiger partial charge in [-0.05, 0) is 19.8 Å². The molecule has 0 aliphatic heterocycles. The van der Waals surface area contributed by atoms with Crippen LogP contribution in [-0.4, -0.2) is 36.5 Å². The summed E-state index contributed by atoms with van der Waals surface area (Å²) >= 11 is 0. The predicted molar refractivity (Wildman–Crippen MR) is 60.8 cm³/mol. The molecule has 0 spiro atoms. The van der Waals surface area contributed by atoms with E-state index in [2.05, 4.69) is 6.58 Å². The zero-order valence-electron chi connectivity index (χ0n) is 9.78. The van der Waals surface area contributed by atoms with Gasteiger partial charge in [-0.15, -0.1) is 6.58 Å². The minimum absolute atomic E-state index is 0.143. The average Bonchev–Trinajstić information content (AvgIpc) is 3.07. The van der Waals surface area contributed by atoms with Crippen molar-refractivity contribution >= 4 is 11.9 Å². The first-order valence-corrected chi connectivity index (χ1v) is 5.74. The first-order chi connectivity index (χ1) is 7.69. The lowest BCUT2D eigenvalue weighted by Gasteiger charge is -2.20. The molecule has 0 heterocycles. The van der Waals surface area contributed by atoms with E-state index in [1.807, 2.05) is 0 Å². The first-order valence-electron chi connectivity index (χ1n) is 5.74. The van der Waals surface area contributed by atoms with Crippen LogP contribution in [0.15, 0.2) is 12.7 Å². The normalized spacial score (nSPS) is 14.3. The predicted octanol–water partition coefficient (Wildman–Crippen LogP) is 1.36. The third-order valence-corrected chi connectivity index (χ3v) is 2.48. The molecule has 0 atom stereocenters. The SMILES string of the molecule is C=CCN(CCC(=O)OCC)C(=O)C1CC1. The highest BCUT2D eigenvalue weighted by molar-refractivity contribution is 5.81. The van der Waals surface area contributed by atoms with Crippen molar-refractivity contribution < 1.29 is 14.3 Å². The standard InChI is InChI=1S/C12H19NO3/c1-3-8-13(12(15)10-5-6-10)9-7-11(14)16-4-2/h3,10H,1,4-9H2,2H3. The van der Waals surface area contributed by atoms with Crippen molar-refractivity contribution in [2.75, 3.05) is 19.7 Å². The fourth-order valence-electron chi connectivity index (χ4n) is 1.50. The lowest BCUT2D eigenvalue weighted by molar-refractivity contribution is -0.144. The van der Waals surface area contributed by atoms with Crippen LogP contribution in [0.5, 0.6) is 0 Å².